The van der Waals surface area contributed by atoms with Crippen molar-refractivity contribution in [3.8, 4) is 6.07 Å². The summed E-state index contributed by atoms with van der Waals surface area (Å²) in [6.45, 7) is 12.3. The Labute approximate surface area is 127 Å². The molecule has 0 saturated carbocycles. The third-order valence-electron chi connectivity index (χ3n) is 4.46. The zero-order valence-electron chi connectivity index (χ0n) is 13.7. The Bertz CT molecular complexity index is 587. The van der Waals surface area contributed by atoms with E-state index in [1.165, 1.54) is 6.08 Å². The van der Waals surface area contributed by atoms with Gasteiger partial charge in [0.15, 0.2) is 0 Å². The minimum atomic E-state index is -0.344. The zero-order valence-corrected chi connectivity index (χ0v) is 13.7. The lowest BCUT2D eigenvalue weighted by atomic mass is 9.73. The van der Waals surface area contributed by atoms with Crippen LogP contribution >= 0.6 is 0 Å². The van der Waals surface area contributed by atoms with Gasteiger partial charge in [0.2, 0.25) is 0 Å². The van der Waals surface area contributed by atoms with Gasteiger partial charge in [-0.25, -0.2) is 0 Å². The standard InChI is InChI=1S/C17H22BNO2/c1-12-10-14(8-7-9-19)11-13(2)15(12)18-20-16(3,4)17(5,6)21-18/h7-8,10-11H,1-6H3. The third kappa shape index (κ3) is 2.90. The van der Waals surface area contributed by atoms with Crippen molar-refractivity contribution in [1.29, 1.82) is 5.26 Å². The van der Waals surface area contributed by atoms with E-state index in [-0.39, 0.29) is 18.3 Å². The number of hydrogen-bond acceptors (Lipinski definition) is 3. The van der Waals surface area contributed by atoms with Gasteiger partial charge in [0, 0.05) is 6.08 Å². The van der Waals surface area contributed by atoms with E-state index in [0.717, 1.165) is 22.2 Å². The molecule has 1 heterocycles. The van der Waals surface area contributed by atoms with Gasteiger partial charge < -0.3 is 9.31 Å². The Morgan fingerprint density at radius 2 is 1.52 bits per heavy atom. The molecule has 110 valence electrons. The van der Waals surface area contributed by atoms with Crippen LogP contribution in [0.4, 0.5) is 0 Å². The van der Waals surface area contributed by atoms with Crippen molar-refractivity contribution in [1.82, 2.24) is 0 Å². The summed E-state index contributed by atoms with van der Waals surface area (Å²) in [6.07, 6.45) is 3.30. The summed E-state index contributed by atoms with van der Waals surface area (Å²) < 4.78 is 12.3. The molecule has 0 bridgehead atoms. The van der Waals surface area contributed by atoms with E-state index in [9.17, 15) is 0 Å². The van der Waals surface area contributed by atoms with Crippen molar-refractivity contribution in [3.63, 3.8) is 0 Å². The molecule has 0 radical (unpaired) electrons. The number of nitriles is 1. The van der Waals surface area contributed by atoms with Crippen LogP contribution < -0.4 is 5.46 Å². The minimum absolute atomic E-state index is 0.337. The van der Waals surface area contributed by atoms with E-state index in [1.807, 2.05) is 12.1 Å². The smallest absolute Gasteiger partial charge is 0.399 e. The van der Waals surface area contributed by atoms with Gasteiger partial charge in [0.05, 0.1) is 17.3 Å². The van der Waals surface area contributed by atoms with Gasteiger partial charge in [-0.1, -0.05) is 23.3 Å². The third-order valence-corrected chi connectivity index (χ3v) is 4.46. The molecule has 0 atom stereocenters. The minimum Gasteiger partial charge on any atom is -0.399 e. The highest BCUT2D eigenvalue weighted by atomic mass is 16.7. The van der Waals surface area contributed by atoms with Crippen molar-refractivity contribution in [3.05, 3.63) is 34.9 Å². The van der Waals surface area contributed by atoms with Gasteiger partial charge in [-0.15, -0.1) is 0 Å². The second kappa shape index (κ2) is 5.33. The van der Waals surface area contributed by atoms with Gasteiger partial charge >= 0.3 is 7.12 Å². The van der Waals surface area contributed by atoms with Crippen molar-refractivity contribution < 1.29 is 9.31 Å². The fourth-order valence-electron chi connectivity index (χ4n) is 2.57. The van der Waals surface area contributed by atoms with Crippen molar-refractivity contribution in [2.45, 2.75) is 52.7 Å². The van der Waals surface area contributed by atoms with Crippen LogP contribution in [0, 0.1) is 25.2 Å². The summed E-state index contributed by atoms with van der Waals surface area (Å²) in [6, 6.07) is 6.13. The molecule has 0 aromatic heterocycles. The Balaban J connectivity index is 2.39. The first kappa shape index (κ1) is 15.8. The summed E-state index contributed by atoms with van der Waals surface area (Å²) >= 11 is 0. The van der Waals surface area contributed by atoms with Gasteiger partial charge in [0.1, 0.15) is 0 Å². The average molecular weight is 283 g/mol. The molecule has 0 unspecified atom stereocenters. The summed E-state index contributed by atoms with van der Waals surface area (Å²) in [5.41, 5.74) is 3.66. The monoisotopic (exact) mass is 283 g/mol. The molecule has 0 aliphatic carbocycles. The molecule has 1 aromatic carbocycles. The summed E-state index contributed by atoms with van der Waals surface area (Å²) in [4.78, 5) is 0. The van der Waals surface area contributed by atoms with E-state index < -0.39 is 0 Å². The number of benzene rings is 1. The second-order valence-corrected chi connectivity index (χ2v) is 6.62. The summed E-state index contributed by atoms with van der Waals surface area (Å²) in [5.74, 6) is 0. The van der Waals surface area contributed by atoms with Crippen LogP contribution in [0.15, 0.2) is 18.2 Å². The number of aryl methyl sites for hydroxylation is 2. The zero-order chi connectivity index (χ0) is 15.8. The number of hydrogen-bond donors (Lipinski definition) is 0. The number of nitrogens with zero attached hydrogens (tertiary/aromatic N) is 1. The maximum Gasteiger partial charge on any atom is 0.495 e. The van der Waals surface area contributed by atoms with E-state index in [1.54, 1.807) is 0 Å². The van der Waals surface area contributed by atoms with Crippen LogP contribution in [0.1, 0.15) is 44.4 Å². The Morgan fingerprint density at radius 1 is 1.05 bits per heavy atom. The Morgan fingerprint density at radius 3 is 1.95 bits per heavy atom. The normalized spacial score (nSPS) is 20.0. The summed E-state index contributed by atoms with van der Waals surface area (Å²) in [7, 11) is -0.344. The number of allylic oxidation sites excluding steroid dienone is 1. The van der Waals surface area contributed by atoms with Crippen molar-refractivity contribution >= 4 is 18.7 Å². The van der Waals surface area contributed by atoms with E-state index >= 15 is 0 Å². The molecule has 2 rings (SSSR count). The molecule has 1 saturated heterocycles. The first-order chi connectivity index (χ1) is 9.68. The number of rotatable bonds is 2. The molecule has 1 aliphatic rings. The highest BCUT2D eigenvalue weighted by Gasteiger charge is 2.52. The van der Waals surface area contributed by atoms with E-state index in [2.05, 4.69) is 53.7 Å². The lowest BCUT2D eigenvalue weighted by molar-refractivity contribution is 0.00578. The highest BCUT2D eigenvalue weighted by Crippen LogP contribution is 2.37. The largest absolute Gasteiger partial charge is 0.495 e. The van der Waals surface area contributed by atoms with Gasteiger partial charge in [-0.2, -0.15) is 5.26 Å². The first-order valence-electron chi connectivity index (χ1n) is 7.21. The maximum absolute atomic E-state index is 8.63. The molecule has 1 fully saturated rings. The molecule has 0 spiro atoms. The quantitative estimate of drug-likeness (QED) is 0.618. The molecule has 0 amide bonds. The molecular formula is C17H22BNO2. The lowest BCUT2D eigenvalue weighted by Crippen LogP contribution is -2.41. The fraction of sp³-hybridized carbons (Fsp3) is 0.471. The molecule has 4 heteroatoms. The topological polar surface area (TPSA) is 42.2 Å². The molecular weight excluding hydrogens is 261 g/mol. The molecule has 0 N–H and O–H groups in total. The van der Waals surface area contributed by atoms with Gasteiger partial charge in [0.25, 0.3) is 0 Å². The highest BCUT2D eigenvalue weighted by molar-refractivity contribution is 6.63. The van der Waals surface area contributed by atoms with Crippen LogP contribution in [-0.4, -0.2) is 18.3 Å². The van der Waals surface area contributed by atoms with Crippen LogP contribution in [0.5, 0.6) is 0 Å². The van der Waals surface area contributed by atoms with E-state index in [4.69, 9.17) is 14.6 Å². The predicted molar refractivity (Wildman–Crippen MR) is 86.3 cm³/mol. The van der Waals surface area contributed by atoms with Crippen molar-refractivity contribution in [2.75, 3.05) is 0 Å². The first-order valence-corrected chi connectivity index (χ1v) is 7.21. The Hall–Kier alpha value is -1.57. The fourth-order valence-corrected chi connectivity index (χ4v) is 2.57. The van der Waals surface area contributed by atoms with Crippen LogP contribution in [-0.2, 0) is 9.31 Å². The summed E-state index contributed by atoms with van der Waals surface area (Å²) in [5, 5.41) is 8.63. The van der Waals surface area contributed by atoms with Gasteiger partial charge in [-0.3, -0.25) is 0 Å². The Kier molecular flexibility index (Phi) is 4.01. The molecule has 1 aliphatic heterocycles. The van der Waals surface area contributed by atoms with Gasteiger partial charge in [-0.05, 0) is 58.6 Å². The van der Waals surface area contributed by atoms with E-state index in [0.29, 0.717) is 0 Å². The average Bonchev–Trinajstić information content (AvgIpc) is 2.54. The predicted octanol–water partition coefficient (Wildman–Crippen LogP) is 3.14. The molecule has 21 heavy (non-hydrogen) atoms. The van der Waals surface area contributed by atoms with Crippen molar-refractivity contribution in [2.24, 2.45) is 0 Å². The van der Waals surface area contributed by atoms with Crippen LogP contribution in [0.25, 0.3) is 6.08 Å². The maximum atomic E-state index is 8.63. The lowest BCUT2D eigenvalue weighted by Gasteiger charge is -2.32. The molecule has 1 aromatic rings. The second-order valence-electron chi connectivity index (χ2n) is 6.62. The van der Waals surface area contributed by atoms with Crippen LogP contribution in [0.3, 0.4) is 0 Å². The SMILES string of the molecule is Cc1cc(C=CC#N)cc(C)c1B1OC(C)(C)C(C)(C)O1. The van der Waals surface area contributed by atoms with Crippen LogP contribution in [0.2, 0.25) is 0 Å². The molecule has 3 nitrogen and oxygen atoms in total.